The molecule has 0 fully saturated rings. The van der Waals surface area contributed by atoms with Crippen molar-refractivity contribution < 1.29 is 23.9 Å². The standard InChI is InChI=1S/C19H19ClN2O5/c20-14-5-3-4-13(10-14)8-9-22-17(23)11-27-18(24)12-26-16-7-2-1-6-15(16)19(21)25/h1-7,10H,8-9,11-12H2,(H2,21,25)(H,22,23). The van der Waals surface area contributed by atoms with E-state index in [-0.39, 0.29) is 11.3 Å². The summed E-state index contributed by atoms with van der Waals surface area (Å²) < 4.78 is 10.1. The average molecular weight is 391 g/mol. The normalized spacial score (nSPS) is 10.1. The fourth-order valence-corrected chi connectivity index (χ4v) is 2.42. The molecule has 0 bridgehead atoms. The van der Waals surface area contributed by atoms with Gasteiger partial charge in [-0.05, 0) is 36.2 Å². The van der Waals surface area contributed by atoms with E-state index < -0.39 is 31.0 Å². The molecule has 0 atom stereocenters. The summed E-state index contributed by atoms with van der Waals surface area (Å²) in [6, 6.07) is 13.6. The van der Waals surface area contributed by atoms with Crippen molar-refractivity contribution in [1.29, 1.82) is 0 Å². The monoisotopic (exact) mass is 390 g/mol. The maximum absolute atomic E-state index is 11.7. The molecule has 7 nitrogen and oxygen atoms in total. The Morgan fingerprint density at radius 2 is 1.81 bits per heavy atom. The molecule has 2 amide bonds. The third-order valence-corrected chi connectivity index (χ3v) is 3.72. The first kappa shape index (κ1) is 20.3. The Morgan fingerprint density at radius 1 is 1.04 bits per heavy atom. The van der Waals surface area contributed by atoms with Gasteiger partial charge >= 0.3 is 5.97 Å². The van der Waals surface area contributed by atoms with E-state index in [4.69, 9.17) is 26.8 Å². The number of amides is 2. The van der Waals surface area contributed by atoms with Gasteiger partial charge in [0, 0.05) is 11.6 Å². The van der Waals surface area contributed by atoms with Crippen molar-refractivity contribution >= 4 is 29.4 Å². The van der Waals surface area contributed by atoms with Gasteiger partial charge in [0.05, 0.1) is 5.56 Å². The van der Waals surface area contributed by atoms with E-state index in [2.05, 4.69) is 5.32 Å². The summed E-state index contributed by atoms with van der Waals surface area (Å²) in [5.41, 5.74) is 6.36. The van der Waals surface area contributed by atoms with Crippen LogP contribution in [-0.2, 0) is 20.7 Å². The van der Waals surface area contributed by atoms with Crippen LogP contribution in [0, 0.1) is 0 Å². The fraction of sp³-hybridized carbons (Fsp3) is 0.211. The number of benzene rings is 2. The van der Waals surface area contributed by atoms with Crippen LogP contribution in [-0.4, -0.2) is 37.5 Å². The molecule has 0 saturated heterocycles. The minimum Gasteiger partial charge on any atom is -0.481 e. The van der Waals surface area contributed by atoms with Gasteiger partial charge in [-0.3, -0.25) is 9.59 Å². The zero-order valence-electron chi connectivity index (χ0n) is 14.4. The summed E-state index contributed by atoms with van der Waals surface area (Å²) in [6.07, 6.45) is 0.604. The summed E-state index contributed by atoms with van der Waals surface area (Å²) >= 11 is 5.89. The number of nitrogens with two attached hydrogens (primary N) is 1. The number of nitrogens with one attached hydrogen (secondary N) is 1. The minimum atomic E-state index is -0.737. The lowest BCUT2D eigenvalue weighted by atomic mass is 10.1. The van der Waals surface area contributed by atoms with Crippen LogP contribution in [0.25, 0.3) is 0 Å². The molecule has 0 radical (unpaired) electrons. The van der Waals surface area contributed by atoms with Crippen LogP contribution < -0.4 is 15.8 Å². The number of para-hydroxylation sites is 1. The number of carbonyl (C=O) groups is 3. The largest absolute Gasteiger partial charge is 0.481 e. The van der Waals surface area contributed by atoms with Gasteiger partial charge in [0.2, 0.25) is 0 Å². The van der Waals surface area contributed by atoms with E-state index in [0.29, 0.717) is 18.0 Å². The van der Waals surface area contributed by atoms with Crippen LogP contribution in [0.3, 0.4) is 0 Å². The molecule has 0 spiro atoms. The van der Waals surface area contributed by atoms with Gasteiger partial charge in [-0.1, -0.05) is 35.9 Å². The van der Waals surface area contributed by atoms with Crippen molar-refractivity contribution in [2.45, 2.75) is 6.42 Å². The molecule has 0 aliphatic heterocycles. The molecule has 0 aromatic heterocycles. The lowest BCUT2D eigenvalue weighted by Crippen LogP contribution is -2.31. The molecular weight excluding hydrogens is 372 g/mol. The van der Waals surface area contributed by atoms with E-state index in [1.807, 2.05) is 18.2 Å². The molecule has 142 valence electrons. The summed E-state index contributed by atoms with van der Waals surface area (Å²) in [5, 5.41) is 3.27. The first-order chi connectivity index (χ1) is 13.0. The summed E-state index contributed by atoms with van der Waals surface area (Å²) in [6.45, 7) is -0.478. The molecule has 0 aliphatic rings. The molecule has 2 rings (SSSR count). The lowest BCUT2D eigenvalue weighted by Gasteiger charge is -2.10. The molecule has 0 heterocycles. The highest BCUT2D eigenvalue weighted by atomic mass is 35.5. The van der Waals surface area contributed by atoms with Crippen molar-refractivity contribution in [2.75, 3.05) is 19.8 Å². The number of ether oxygens (including phenoxy) is 2. The van der Waals surface area contributed by atoms with Crippen LogP contribution >= 0.6 is 11.6 Å². The molecule has 2 aromatic carbocycles. The number of carbonyl (C=O) groups excluding carboxylic acids is 3. The van der Waals surface area contributed by atoms with Crippen LogP contribution in [0.5, 0.6) is 5.75 Å². The zero-order chi connectivity index (χ0) is 19.6. The topological polar surface area (TPSA) is 108 Å². The van der Waals surface area contributed by atoms with Gasteiger partial charge in [0.1, 0.15) is 5.75 Å². The van der Waals surface area contributed by atoms with Crippen molar-refractivity contribution in [3.05, 3.63) is 64.7 Å². The highest BCUT2D eigenvalue weighted by Crippen LogP contribution is 2.17. The molecular formula is C19H19ClN2O5. The molecule has 0 aliphatic carbocycles. The Hall–Kier alpha value is -3.06. The lowest BCUT2D eigenvalue weighted by molar-refractivity contribution is -0.150. The van der Waals surface area contributed by atoms with E-state index in [0.717, 1.165) is 5.56 Å². The van der Waals surface area contributed by atoms with E-state index >= 15 is 0 Å². The van der Waals surface area contributed by atoms with Gasteiger partial charge in [-0.15, -0.1) is 0 Å². The summed E-state index contributed by atoms with van der Waals surface area (Å²) in [5.74, 6) is -1.66. The number of esters is 1. The first-order valence-corrected chi connectivity index (χ1v) is 8.52. The van der Waals surface area contributed by atoms with Crippen molar-refractivity contribution in [3.63, 3.8) is 0 Å². The maximum atomic E-state index is 11.7. The Labute approximate surface area is 161 Å². The van der Waals surface area contributed by atoms with Crippen molar-refractivity contribution in [1.82, 2.24) is 5.32 Å². The quantitative estimate of drug-likeness (QED) is 0.634. The van der Waals surface area contributed by atoms with E-state index in [1.54, 1.807) is 18.2 Å². The molecule has 0 saturated carbocycles. The van der Waals surface area contributed by atoms with Crippen LogP contribution in [0.1, 0.15) is 15.9 Å². The SMILES string of the molecule is NC(=O)c1ccccc1OCC(=O)OCC(=O)NCCc1cccc(Cl)c1. The third-order valence-electron chi connectivity index (χ3n) is 3.49. The first-order valence-electron chi connectivity index (χ1n) is 8.14. The molecule has 3 N–H and O–H groups in total. The van der Waals surface area contributed by atoms with Crippen molar-refractivity contribution in [3.8, 4) is 5.75 Å². The third kappa shape index (κ3) is 6.99. The molecule has 2 aromatic rings. The van der Waals surface area contributed by atoms with Crippen LogP contribution in [0.4, 0.5) is 0 Å². The maximum Gasteiger partial charge on any atom is 0.344 e. The fourth-order valence-electron chi connectivity index (χ4n) is 2.21. The van der Waals surface area contributed by atoms with Gasteiger partial charge in [-0.25, -0.2) is 4.79 Å². The summed E-state index contributed by atoms with van der Waals surface area (Å²) in [7, 11) is 0. The second-order valence-electron chi connectivity index (χ2n) is 5.54. The Kier molecular flexibility index (Phi) is 7.63. The number of hydrogen-bond acceptors (Lipinski definition) is 5. The van der Waals surface area contributed by atoms with E-state index in [1.165, 1.54) is 12.1 Å². The number of halogens is 1. The molecule has 0 unspecified atom stereocenters. The van der Waals surface area contributed by atoms with Gasteiger partial charge in [-0.2, -0.15) is 0 Å². The zero-order valence-corrected chi connectivity index (χ0v) is 15.2. The average Bonchev–Trinajstić information content (AvgIpc) is 2.65. The predicted octanol–water partition coefficient (Wildman–Crippen LogP) is 1.72. The summed E-state index contributed by atoms with van der Waals surface area (Å²) in [4.78, 5) is 34.7. The highest BCUT2D eigenvalue weighted by molar-refractivity contribution is 6.30. The predicted molar refractivity (Wildman–Crippen MR) is 99.6 cm³/mol. The van der Waals surface area contributed by atoms with E-state index in [9.17, 15) is 14.4 Å². The Balaban J connectivity index is 1.68. The second-order valence-corrected chi connectivity index (χ2v) is 5.98. The van der Waals surface area contributed by atoms with Gasteiger partial charge in [0.15, 0.2) is 13.2 Å². The smallest absolute Gasteiger partial charge is 0.344 e. The van der Waals surface area contributed by atoms with Gasteiger partial charge in [0.25, 0.3) is 11.8 Å². The second kappa shape index (κ2) is 10.2. The van der Waals surface area contributed by atoms with Crippen LogP contribution in [0.2, 0.25) is 5.02 Å². The number of rotatable bonds is 9. The Bertz CT molecular complexity index is 825. The molecule has 8 heteroatoms. The minimum absolute atomic E-state index is 0.157. The Morgan fingerprint density at radius 3 is 2.56 bits per heavy atom. The van der Waals surface area contributed by atoms with Crippen molar-refractivity contribution in [2.24, 2.45) is 5.73 Å². The van der Waals surface area contributed by atoms with Crippen LogP contribution in [0.15, 0.2) is 48.5 Å². The van der Waals surface area contributed by atoms with Gasteiger partial charge < -0.3 is 20.5 Å². The number of hydrogen-bond donors (Lipinski definition) is 2. The number of primary amides is 1. The highest BCUT2D eigenvalue weighted by Gasteiger charge is 2.12. The molecule has 27 heavy (non-hydrogen) atoms.